The third-order valence-corrected chi connectivity index (χ3v) is 2.90. The summed E-state index contributed by atoms with van der Waals surface area (Å²) >= 11 is 0. The van der Waals surface area contributed by atoms with Gasteiger partial charge in [-0.1, -0.05) is 13.3 Å². The molecule has 110 valence electrons. The van der Waals surface area contributed by atoms with Crippen molar-refractivity contribution < 1.29 is 19.5 Å². The second-order valence-electron chi connectivity index (χ2n) is 4.66. The van der Waals surface area contributed by atoms with Crippen molar-refractivity contribution in [2.24, 2.45) is 0 Å². The maximum atomic E-state index is 11.9. The van der Waals surface area contributed by atoms with Gasteiger partial charge in [0.15, 0.2) is 0 Å². The summed E-state index contributed by atoms with van der Waals surface area (Å²) in [6, 6.07) is -0.498. The van der Waals surface area contributed by atoms with Crippen molar-refractivity contribution in [1.82, 2.24) is 15.5 Å². The van der Waals surface area contributed by atoms with E-state index in [1.165, 1.54) is 25.9 Å². The lowest BCUT2D eigenvalue weighted by molar-refractivity contribution is -0.144. The first-order valence-electron chi connectivity index (χ1n) is 6.24. The molecule has 3 amide bonds. The molecule has 0 fully saturated rings. The Labute approximate surface area is 113 Å². The van der Waals surface area contributed by atoms with Crippen molar-refractivity contribution in [3.8, 4) is 0 Å². The molecule has 19 heavy (non-hydrogen) atoms. The van der Waals surface area contributed by atoms with E-state index in [1.54, 1.807) is 0 Å². The Bertz CT molecular complexity index is 346. The lowest BCUT2D eigenvalue weighted by Crippen LogP contribution is -2.55. The van der Waals surface area contributed by atoms with Crippen molar-refractivity contribution in [2.45, 2.75) is 38.6 Å². The molecule has 7 heteroatoms. The minimum atomic E-state index is -1.28. The molecule has 0 aromatic rings. The average Bonchev–Trinajstić information content (AvgIpc) is 2.35. The monoisotopic (exact) mass is 273 g/mol. The van der Waals surface area contributed by atoms with Crippen LogP contribution in [0.5, 0.6) is 0 Å². The molecular weight excluding hydrogens is 250 g/mol. The Morgan fingerprint density at radius 1 is 1.32 bits per heavy atom. The lowest BCUT2D eigenvalue weighted by atomic mass is 9.96. The Hall–Kier alpha value is -1.79. The van der Waals surface area contributed by atoms with Crippen LogP contribution in [0.3, 0.4) is 0 Å². The number of nitrogens with zero attached hydrogens (tertiary/aromatic N) is 1. The van der Waals surface area contributed by atoms with Gasteiger partial charge in [0.05, 0.1) is 0 Å². The maximum absolute atomic E-state index is 11.9. The third-order valence-electron chi connectivity index (χ3n) is 2.90. The van der Waals surface area contributed by atoms with Crippen LogP contribution in [0.15, 0.2) is 0 Å². The Morgan fingerprint density at radius 2 is 1.89 bits per heavy atom. The van der Waals surface area contributed by atoms with Crippen molar-refractivity contribution >= 4 is 17.9 Å². The summed E-state index contributed by atoms with van der Waals surface area (Å²) in [7, 11) is 3.04. The highest BCUT2D eigenvalue weighted by Gasteiger charge is 2.34. The molecule has 0 aliphatic carbocycles. The fourth-order valence-corrected chi connectivity index (χ4v) is 1.55. The van der Waals surface area contributed by atoms with E-state index in [0.717, 1.165) is 0 Å². The predicted octanol–water partition coefficient (Wildman–Crippen LogP) is 0.407. The van der Waals surface area contributed by atoms with Crippen molar-refractivity contribution in [3.63, 3.8) is 0 Å². The first kappa shape index (κ1) is 17.2. The van der Waals surface area contributed by atoms with Crippen molar-refractivity contribution in [3.05, 3.63) is 0 Å². The summed E-state index contributed by atoms with van der Waals surface area (Å²) in [6.07, 6.45) is 1.17. The van der Waals surface area contributed by atoms with Gasteiger partial charge in [-0.3, -0.25) is 4.79 Å². The van der Waals surface area contributed by atoms with Crippen LogP contribution in [0, 0.1) is 0 Å². The molecule has 0 aliphatic heterocycles. The number of amides is 3. The van der Waals surface area contributed by atoms with E-state index in [1.807, 2.05) is 6.92 Å². The van der Waals surface area contributed by atoms with Crippen LogP contribution >= 0.6 is 0 Å². The molecule has 1 unspecified atom stereocenters. The van der Waals surface area contributed by atoms with E-state index in [2.05, 4.69) is 10.6 Å². The summed E-state index contributed by atoms with van der Waals surface area (Å²) < 4.78 is 0. The molecule has 0 bridgehead atoms. The van der Waals surface area contributed by atoms with Crippen molar-refractivity contribution in [2.75, 3.05) is 20.6 Å². The average molecular weight is 273 g/mol. The van der Waals surface area contributed by atoms with E-state index in [9.17, 15) is 14.4 Å². The Kier molecular flexibility index (Phi) is 6.89. The zero-order valence-electron chi connectivity index (χ0n) is 11.9. The fraction of sp³-hybridized carbons (Fsp3) is 0.750. The quantitative estimate of drug-likeness (QED) is 0.625. The second kappa shape index (κ2) is 7.60. The zero-order chi connectivity index (χ0) is 15.1. The van der Waals surface area contributed by atoms with Crippen LogP contribution in [0.25, 0.3) is 0 Å². The number of nitrogens with one attached hydrogen (secondary N) is 2. The van der Waals surface area contributed by atoms with Crippen LogP contribution in [0.4, 0.5) is 4.79 Å². The molecule has 0 aromatic carbocycles. The Morgan fingerprint density at radius 3 is 2.32 bits per heavy atom. The number of aliphatic carboxylic acids is 1. The number of carboxylic acid groups (broad SMARTS) is 1. The number of carboxylic acids is 1. The first-order chi connectivity index (χ1) is 8.76. The Balaban J connectivity index is 4.48. The van der Waals surface area contributed by atoms with Gasteiger partial charge in [-0.25, -0.2) is 9.59 Å². The van der Waals surface area contributed by atoms with Gasteiger partial charge in [0.2, 0.25) is 5.91 Å². The standard InChI is InChI=1S/C12H23N3O4/c1-5-7-12(2,10(17)18)14-11(19)15(4)8-6-9(16)13-3/h5-8H2,1-4H3,(H,13,16)(H,14,19)(H,17,18). The lowest BCUT2D eigenvalue weighted by Gasteiger charge is -2.28. The van der Waals surface area contributed by atoms with Crippen LogP contribution in [-0.2, 0) is 9.59 Å². The number of rotatable bonds is 7. The topological polar surface area (TPSA) is 98.7 Å². The highest BCUT2D eigenvalue weighted by Crippen LogP contribution is 2.13. The summed E-state index contributed by atoms with van der Waals surface area (Å²) in [6.45, 7) is 3.55. The molecule has 7 nitrogen and oxygen atoms in total. The van der Waals surface area contributed by atoms with E-state index in [-0.39, 0.29) is 18.9 Å². The van der Waals surface area contributed by atoms with Gasteiger partial charge in [-0.15, -0.1) is 0 Å². The van der Waals surface area contributed by atoms with Gasteiger partial charge >= 0.3 is 12.0 Å². The minimum absolute atomic E-state index is 0.172. The summed E-state index contributed by atoms with van der Waals surface area (Å²) in [5, 5.41) is 14.1. The van der Waals surface area contributed by atoms with Crippen LogP contribution in [0.1, 0.15) is 33.1 Å². The number of hydrogen-bond acceptors (Lipinski definition) is 3. The fourth-order valence-electron chi connectivity index (χ4n) is 1.55. The SMILES string of the molecule is CCCC(C)(NC(=O)N(C)CCC(=O)NC)C(=O)O. The number of hydrogen-bond donors (Lipinski definition) is 3. The van der Waals surface area contributed by atoms with Gasteiger partial charge in [0.1, 0.15) is 5.54 Å². The summed E-state index contributed by atoms with van der Waals surface area (Å²) in [5.41, 5.74) is -1.28. The molecule has 0 saturated carbocycles. The molecule has 1 atom stereocenters. The van der Waals surface area contributed by atoms with E-state index >= 15 is 0 Å². The molecule has 0 aliphatic rings. The largest absolute Gasteiger partial charge is 0.480 e. The third kappa shape index (κ3) is 5.58. The highest BCUT2D eigenvalue weighted by atomic mass is 16.4. The normalized spacial score (nSPS) is 13.3. The molecule has 0 aromatic heterocycles. The first-order valence-corrected chi connectivity index (χ1v) is 6.24. The van der Waals surface area contributed by atoms with Crippen LogP contribution < -0.4 is 10.6 Å². The molecule has 3 N–H and O–H groups in total. The van der Waals surface area contributed by atoms with E-state index < -0.39 is 17.5 Å². The van der Waals surface area contributed by atoms with Crippen LogP contribution in [-0.4, -0.2) is 54.1 Å². The molecule has 0 spiro atoms. The summed E-state index contributed by atoms with van der Waals surface area (Å²) in [5.74, 6) is -1.24. The zero-order valence-corrected chi connectivity index (χ0v) is 11.9. The van der Waals surface area contributed by atoms with Gasteiger partial charge < -0.3 is 20.6 Å². The maximum Gasteiger partial charge on any atom is 0.329 e. The molecule has 0 heterocycles. The second-order valence-corrected chi connectivity index (χ2v) is 4.66. The van der Waals surface area contributed by atoms with Gasteiger partial charge in [0, 0.05) is 27.1 Å². The van der Waals surface area contributed by atoms with E-state index in [4.69, 9.17) is 5.11 Å². The highest BCUT2D eigenvalue weighted by molar-refractivity contribution is 5.86. The molecule has 0 radical (unpaired) electrons. The van der Waals surface area contributed by atoms with E-state index in [0.29, 0.717) is 12.8 Å². The van der Waals surface area contributed by atoms with Crippen molar-refractivity contribution in [1.29, 1.82) is 0 Å². The van der Waals surface area contributed by atoms with Gasteiger partial charge in [-0.2, -0.15) is 0 Å². The predicted molar refractivity (Wildman–Crippen MR) is 70.8 cm³/mol. The number of carbonyl (C=O) groups is 3. The number of carbonyl (C=O) groups excluding carboxylic acids is 2. The molecule has 0 rings (SSSR count). The van der Waals surface area contributed by atoms with Gasteiger partial charge in [0.25, 0.3) is 0 Å². The number of urea groups is 1. The smallest absolute Gasteiger partial charge is 0.329 e. The minimum Gasteiger partial charge on any atom is -0.480 e. The summed E-state index contributed by atoms with van der Waals surface area (Å²) in [4.78, 5) is 35.4. The molecule has 0 saturated heterocycles. The van der Waals surface area contributed by atoms with Gasteiger partial charge in [-0.05, 0) is 13.3 Å². The van der Waals surface area contributed by atoms with Crippen LogP contribution in [0.2, 0.25) is 0 Å². The molecular formula is C12H23N3O4.